The second-order valence-corrected chi connectivity index (χ2v) is 12.0. The quantitative estimate of drug-likeness (QED) is 0.558. The van der Waals surface area contributed by atoms with Crippen LogP contribution < -0.4 is 9.60 Å². The first-order chi connectivity index (χ1) is 14.7. The minimum atomic E-state index is -3.90. The first-order valence-corrected chi connectivity index (χ1v) is 13.7. The van der Waals surface area contributed by atoms with Gasteiger partial charge in [-0.1, -0.05) is 18.3 Å². The van der Waals surface area contributed by atoms with Crippen molar-refractivity contribution in [1.29, 1.82) is 0 Å². The molecule has 0 radical (unpaired) electrons. The van der Waals surface area contributed by atoms with E-state index in [0.717, 1.165) is 30.6 Å². The molecule has 1 saturated heterocycles. The van der Waals surface area contributed by atoms with Crippen LogP contribution >= 0.6 is 11.3 Å². The van der Waals surface area contributed by atoms with Gasteiger partial charge in [0.15, 0.2) is 0 Å². The lowest BCUT2D eigenvalue weighted by Crippen LogP contribution is -2.27. The van der Waals surface area contributed by atoms with E-state index in [1.807, 2.05) is 6.92 Å². The van der Waals surface area contributed by atoms with E-state index in [0.29, 0.717) is 29.9 Å². The van der Waals surface area contributed by atoms with E-state index in [4.69, 9.17) is 0 Å². The van der Waals surface area contributed by atoms with Crippen LogP contribution in [0.1, 0.15) is 26.2 Å². The summed E-state index contributed by atoms with van der Waals surface area (Å²) in [6, 6.07) is 10.3. The van der Waals surface area contributed by atoms with Crippen LogP contribution in [0.2, 0.25) is 0 Å². The van der Waals surface area contributed by atoms with Crippen LogP contribution in [0.4, 0.5) is 5.69 Å². The van der Waals surface area contributed by atoms with Crippen molar-refractivity contribution < 1.29 is 16.8 Å². The molecule has 1 aliphatic heterocycles. The molecule has 0 atom stereocenters. The van der Waals surface area contributed by atoms with Gasteiger partial charge in [-0.2, -0.15) is 4.31 Å². The second kappa shape index (κ2) is 8.38. The van der Waals surface area contributed by atoms with Crippen molar-refractivity contribution in [2.75, 3.05) is 17.8 Å². The van der Waals surface area contributed by atoms with Gasteiger partial charge in [0, 0.05) is 25.3 Å². The molecule has 1 aromatic heterocycles. The highest BCUT2D eigenvalue weighted by atomic mass is 32.2. The number of rotatable bonds is 7. The molecule has 0 saturated carbocycles. The van der Waals surface area contributed by atoms with Crippen molar-refractivity contribution in [2.45, 2.75) is 42.5 Å². The zero-order valence-corrected chi connectivity index (χ0v) is 19.4. The van der Waals surface area contributed by atoms with Crippen LogP contribution in [-0.2, 0) is 26.6 Å². The zero-order valence-electron chi connectivity index (χ0n) is 16.9. The molecule has 0 unspecified atom stereocenters. The number of nitrogens with one attached hydrogen (secondary N) is 1. The summed E-state index contributed by atoms with van der Waals surface area (Å²) in [6.07, 6.45) is 2.49. The highest BCUT2D eigenvalue weighted by Gasteiger charge is 2.27. The van der Waals surface area contributed by atoms with E-state index in [-0.39, 0.29) is 20.4 Å². The summed E-state index contributed by atoms with van der Waals surface area (Å²) in [7, 11) is -7.46. The fraction of sp³-hybridized carbons (Fsp3) is 0.350. The second-order valence-electron chi connectivity index (χ2n) is 7.39. The standard InChI is InChI=1S/C20H23N3O5S3/c1-2-11-23-18-10-9-17(14-19(18)29-20(23)24)30(25,26)21-15-5-7-16(8-6-15)31(27,28)22-12-3-4-13-22/h5-10,14,21H,2-4,11-13H2,1H3. The maximum Gasteiger partial charge on any atom is 0.308 e. The Morgan fingerprint density at radius 3 is 2.26 bits per heavy atom. The number of anilines is 1. The molecule has 8 nitrogen and oxygen atoms in total. The summed E-state index contributed by atoms with van der Waals surface area (Å²) in [5.74, 6) is 0. The first kappa shape index (κ1) is 22.0. The van der Waals surface area contributed by atoms with Gasteiger partial charge in [-0.15, -0.1) is 0 Å². The minimum absolute atomic E-state index is 0.0404. The molecule has 0 bridgehead atoms. The minimum Gasteiger partial charge on any atom is -0.299 e. The lowest BCUT2D eigenvalue weighted by atomic mass is 10.3. The molecule has 1 aliphatic rings. The van der Waals surface area contributed by atoms with E-state index in [2.05, 4.69) is 4.72 Å². The summed E-state index contributed by atoms with van der Waals surface area (Å²) in [6.45, 7) is 3.56. The van der Waals surface area contributed by atoms with Crippen molar-refractivity contribution in [3.05, 3.63) is 52.1 Å². The van der Waals surface area contributed by atoms with E-state index in [1.165, 1.54) is 40.7 Å². The van der Waals surface area contributed by atoms with E-state index < -0.39 is 20.0 Å². The molecule has 4 rings (SSSR count). The normalized spacial score (nSPS) is 15.5. The number of sulfonamides is 2. The third-order valence-electron chi connectivity index (χ3n) is 5.21. The molecule has 1 fully saturated rings. The Morgan fingerprint density at radius 1 is 0.968 bits per heavy atom. The topological polar surface area (TPSA) is 106 Å². The number of aromatic nitrogens is 1. The number of fused-ring (bicyclic) bond motifs is 1. The molecular weight excluding hydrogens is 458 g/mol. The number of benzene rings is 2. The van der Waals surface area contributed by atoms with Crippen LogP contribution in [0.15, 0.2) is 57.1 Å². The van der Waals surface area contributed by atoms with Gasteiger partial charge in [-0.05, 0) is 61.7 Å². The Morgan fingerprint density at radius 2 is 1.61 bits per heavy atom. The van der Waals surface area contributed by atoms with Crippen LogP contribution in [-0.4, -0.2) is 38.8 Å². The lowest BCUT2D eigenvalue weighted by molar-refractivity contribution is 0.477. The first-order valence-electron chi connectivity index (χ1n) is 9.99. The number of nitrogens with zero attached hydrogens (tertiary/aromatic N) is 2. The Kier molecular flexibility index (Phi) is 5.95. The Bertz CT molecular complexity index is 1370. The maximum absolute atomic E-state index is 12.8. The average molecular weight is 482 g/mol. The highest BCUT2D eigenvalue weighted by molar-refractivity contribution is 7.92. The van der Waals surface area contributed by atoms with Gasteiger partial charge in [0.05, 0.1) is 20.0 Å². The Hall–Kier alpha value is -2.21. The van der Waals surface area contributed by atoms with Gasteiger partial charge < -0.3 is 0 Å². The third-order valence-corrected chi connectivity index (χ3v) is 9.44. The summed E-state index contributed by atoms with van der Waals surface area (Å²) in [5.41, 5.74) is 0.976. The third kappa shape index (κ3) is 4.27. The molecule has 31 heavy (non-hydrogen) atoms. The number of hydrogen-bond acceptors (Lipinski definition) is 6. The molecular formula is C20H23N3O5S3. The summed E-state index contributed by atoms with van der Waals surface area (Å²) in [5, 5.41) is 0. The van der Waals surface area contributed by atoms with Crippen LogP contribution in [0.25, 0.3) is 10.2 Å². The molecule has 0 amide bonds. The Balaban J connectivity index is 1.58. The molecule has 0 spiro atoms. The van der Waals surface area contributed by atoms with Gasteiger partial charge in [0.25, 0.3) is 10.0 Å². The van der Waals surface area contributed by atoms with Gasteiger partial charge in [0.1, 0.15) is 0 Å². The largest absolute Gasteiger partial charge is 0.308 e. The molecule has 11 heteroatoms. The summed E-state index contributed by atoms with van der Waals surface area (Å²) in [4.78, 5) is 12.2. The summed E-state index contributed by atoms with van der Waals surface area (Å²) >= 11 is 1.02. The van der Waals surface area contributed by atoms with Gasteiger partial charge in [-0.25, -0.2) is 16.8 Å². The molecule has 0 aliphatic carbocycles. The van der Waals surface area contributed by atoms with Crippen molar-refractivity contribution in [3.63, 3.8) is 0 Å². The van der Waals surface area contributed by atoms with E-state index in [1.54, 1.807) is 10.6 Å². The fourth-order valence-corrected chi connectivity index (χ4v) is 7.27. The van der Waals surface area contributed by atoms with Crippen molar-refractivity contribution in [1.82, 2.24) is 8.87 Å². The van der Waals surface area contributed by atoms with E-state index in [9.17, 15) is 21.6 Å². The molecule has 3 aromatic rings. The molecule has 2 aromatic carbocycles. The number of thiazole rings is 1. The van der Waals surface area contributed by atoms with Crippen LogP contribution in [0, 0.1) is 0 Å². The van der Waals surface area contributed by atoms with E-state index >= 15 is 0 Å². The molecule has 1 N–H and O–H groups in total. The lowest BCUT2D eigenvalue weighted by Gasteiger charge is -2.16. The smallest absolute Gasteiger partial charge is 0.299 e. The molecule has 166 valence electrons. The van der Waals surface area contributed by atoms with Crippen molar-refractivity contribution >= 4 is 47.3 Å². The van der Waals surface area contributed by atoms with Crippen molar-refractivity contribution in [2.24, 2.45) is 0 Å². The Labute approximate surface area is 185 Å². The van der Waals surface area contributed by atoms with Crippen LogP contribution in [0.3, 0.4) is 0 Å². The predicted molar refractivity (Wildman–Crippen MR) is 122 cm³/mol. The number of aryl methyl sites for hydroxylation is 1. The predicted octanol–water partition coefficient (Wildman–Crippen LogP) is 3.06. The van der Waals surface area contributed by atoms with Gasteiger partial charge >= 0.3 is 4.87 Å². The zero-order chi connectivity index (χ0) is 22.2. The monoisotopic (exact) mass is 481 g/mol. The van der Waals surface area contributed by atoms with Gasteiger partial charge in [-0.3, -0.25) is 14.1 Å². The average Bonchev–Trinajstić information content (AvgIpc) is 3.37. The SMILES string of the molecule is CCCn1c(=O)sc2cc(S(=O)(=O)Nc3ccc(S(=O)(=O)N4CCCC4)cc3)ccc21. The summed E-state index contributed by atoms with van der Waals surface area (Å²) < 4.78 is 57.1. The van der Waals surface area contributed by atoms with Crippen molar-refractivity contribution in [3.8, 4) is 0 Å². The fourth-order valence-electron chi connectivity index (χ4n) is 3.64. The highest BCUT2D eigenvalue weighted by Crippen LogP contribution is 2.25. The maximum atomic E-state index is 12.8. The van der Waals surface area contributed by atoms with Crippen LogP contribution in [0.5, 0.6) is 0 Å². The number of hydrogen-bond donors (Lipinski definition) is 1. The van der Waals surface area contributed by atoms with Gasteiger partial charge in [0.2, 0.25) is 10.0 Å². The molecule has 2 heterocycles.